The highest BCUT2D eigenvalue weighted by atomic mass is 16.6. The molecule has 0 radical (unpaired) electrons. The lowest BCUT2D eigenvalue weighted by Crippen LogP contribution is -2.54. The first-order valence-electron chi connectivity index (χ1n) is 9.47. The Morgan fingerprint density at radius 3 is 2.46 bits per heavy atom. The van der Waals surface area contributed by atoms with E-state index < -0.39 is 17.6 Å². The molecule has 8 nitrogen and oxygen atoms in total. The lowest BCUT2D eigenvalue weighted by Gasteiger charge is -2.37. The zero-order valence-corrected chi connectivity index (χ0v) is 16.5. The molecule has 0 saturated carbocycles. The topological polar surface area (TPSA) is 90.4 Å². The average Bonchev–Trinajstić information content (AvgIpc) is 2.95. The minimum atomic E-state index is -0.957. The molecule has 1 N–H and O–H groups in total. The van der Waals surface area contributed by atoms with Gasteiger partial charge in [-0.1, -0.05) is 30.3 Å². The van der Waals surface area contributed by atoms with Gasteiger partial charge in [-0.05, 0) is 26.3 Å². The number of hydrogen-bond donors (Lipinski definition) is 1. The molecule has 2 aliphatic rings. The summed E-state index contributed by atoms with van der Waals surface area (Å²) in [6, 6.07) is 8.32. The summed E-state index contributed by atoms with van der Waals surface area (Å²) in [5.41, 5.74) is 0.216. The lowest BCUT2D eigenvalue weighted by molar-refractivity contribution is -0.138. The Hall–Kier alpha value is -2.77. The van der Waals surface area contributed by atoms with Crippen LogP contribution in [-0.2, 0) is 9.53 Å². The second-order valence-corrected chi connectivity index (χ2v) is 8.23. The van der Waals surface area contributed by atoms with Gasteiger partial charge in [0.1, 0.15) is 5.60 Å². The van der Waals surface area contributed by atoms with Gasteiger partial charge in [-0.3, -0.25) is 4.79 Å². The number of hydrogen-bond acceptors (Lipinski definition) is 4. The number of urea groups is 1. The number of rotatable bonds is 4. The fourth-order valence-corrected chi connectivity index (χ4v) is 3.73. The van der Waals surface area contributed by atoms with Crippen LogP contribution in [0.1, 0.15) is 38.8 Å². The van der Waals surface area contributed by atoms with Crippen LogP contribution in [0.25, 0.3) is 0 Å². The van der Waals surface area contributed by atoms with Gasteiger partial charge in [0.05, 0.1) is 18.5 Å². The molecular weight excluding hydrogens is 362 g/mol. The van der Waals surface area contributed by atoms with Crippen molar-refractivity contribution < 1.29 is 24.2 Å². The summed E-state index contributed by atoms with van der Waals surface area (Å²) in [4.78, 5) is 41.7. The van der Waals surface area contributed by atoms with Gasteiger partial charge < -0.3 is 24.5 Å². The predicted octanol–water partition coefficient (Wildman–Crippen LogP) is 2.56. The molecule has 0 aromatic heterocycles. The molecule has 3 rings (SSSR count). The minimum Gasteiger partial charge on any atom is -0.481 e. The van der Waals surface area contributed by atoms with E-state index in [1.807, 2.05) is 51.1 Å². The van der Waals surface area contributed by atoms with Gasteiger partial charge in [-0.2, -0.15) is 0 Å². The van der Waals surface area contributed by atoms with Crippen LogP contribution in [0.3, 0.4) is 0 Å². The molecule has 1 unspecified atom stereocenters. The largest absolute Gasteiger partial charge is 0.481 e. The van der Waals surface area contributed by atoms with Crippen LogP contribution >= 0.6 is 0 Å². The molecule has 2 heterocycles. The zero-order valence-electron chi connectivity index (χ0n) is 16.5. The number of carboxylic acid groups (broad SMARTS) is 1. The molecule has 1 aromatic rings. The number of nitrogens with zero attached hydrogens (tertiary/aromatic N) is 3. The van der Waals surface area contributed by atoms with Crippen molar-refractivity contribution in [2.45, 2.75) is 44.9 Å². The molecule has 2 aliphatic heterocycles. The van der Waals surface area contributed by atoms with E-state index in [1.165, 1.54) is 0 Å². The number of benzene rings is 1. The van der Waals surface area contributed by atoms with Crippen LogP contribution in [0.4, 0.5) is 9.59 Å². The average molecular weight is 389 g/mol. The summed E-state index contributed by atoms with van der Waals surface area (Å²) in [5, 5.41) is 9.35. The standard InChI is InChI=1S/C20H27N3O5/c1-20(2,3)28-19(27)21-9-10-22-15(12-21)13-23(18(22)26)16(11-17(24)25)14-7-5-4-6-8-14/h4-8,15-16H,9-13H2,1-3H3,(H,24,25)/t15-,16?/m0/s1. The summed E-state index contributed by atoms with van der Waals surface area (Å²) in [6.07, 6.45) is -0.547. The monoisotopic (exact) mass is 389 g/mol. The zero-order chi connectivity index (χ0) is 20.5. The van der Waals surface area contributed by atoms with Gasteiger partial charge in [0, 0.05) is 26.2 Å². The number of carbonyl (C=O) groups excluding carboxylic acids is 2. The van der Waals surface area contributed by atoms with Gasteiger partial charge in [-0.15, -0.1) is 0 Å². The Morgan fingerprint density at radius 2 is 1.86 bits per heavy atom. The molecule has 2 atom stereocenters. The summed E-state index contributed by atoms with van der Waals surface area (Å²) < 4.78 is 5.44. The predicted molar refractivity (Wildman–Crippen MR) is 102 cm³/mol. The number of piperazine rings is 1. The molecule has 0 bridgehead atoms. The van der Waals surface area contributed by atoms with Crippen molar-refractivity contribution in [3.63, 3.8) is 0 Å². The Kier molecular flexibility index (Phi) is 5.49. The van der Waals surface area contributed by atoms with E-state index in [1.54, 1.807) is 14.7 Å². The van der Waals surface area contributed by atoms with Crippen molar-refractivity contribution in [3.05, 3.63) is 35.9 Å². The van der Waals surface area contributed by atoms with Crippen molar-refractivity contribution >= 4 is 18.1 Å². The minimum absolute atomic E-state index is 0.161. The number of fused-ring (bicyclic) bond motifs is 1. The summed E-state index contributed by atoms with van der Waals surface area (Å²) in [6.45, 7) is 7.03. The van der Waals surface area contributed by atoms with E-state index in [4.69, 9.17) is 4.74 Å². The van der Waals surface area contributed by atoms with Crippen LogP contribution in [-0.4, -0.2) is 75.7 Å². The van der Waals surface area contributed by atoms with Crippen molar-refractivity contribution in [2.24, 2.45) is 0 Å². The summed E-state index contributed by atoms with van der Waals surface area (Å²) in [5.74, 6) is -0.957. The molecule has 8 heteroatoms. The molecule has 2 fully saturated rings. The molecule has 152 valence electrons. The van der Waals surface area contributed by atoms with E-state index in [0.29, 0.717) is 26.2 Å². The third kappa shape index (κ3) is 4.37. The SMILES string of the molecule is CC(C)(C)OC(=O)N1CCN2C(=O)N(C(CC(=O)O)c3ccccc3)C[C@@H]2C1. The van der Waals surface area contributed by atoms with Crippen LogP contribution in [0.5, 0.6) is 0 Å². The van der Waals surface area contributed by atoms with Crippen molar-refractivity contribution in [1.82, 2.24) is 14.7 Å². The quantitative estimate of drug-likeness (QED) is 0.855. The first-order chi connectivity index (χ1) is 13.2. The summed E-state index contributed by atoms with van der Waals surface area (Å²) >= 11 is 0. The van der Waals surface area contributed by atoms with Crippen LogP contribution in [0.2, 0.25) is 0 Å². The Labute approximate surface area is 164 Å². The number of carbonyl (C=O) groups is 3. The third-order valence-electron chi connectivity index (χ3n) is 4.96. The van der Waals surface area contributed by atoms with Crippen molar-refractivity contribution in [2.75, 3.05) is 26.2 Å². The highest BCUT2D eigenvalue weighted by molar-refractivity contribution is 5.80. The Balaban J connectivity index is 1.75. The Morgan fingerprint density at radius 1 is 1.18 bits per heavy atom. The van der Waals surface area contributed by atoms with E-state index in [-0.39, 0.29) is 24.6 Å². The van der Waals surface area contributed by atoms with Gasteiger partial charge in [0.25, 0.3) is 0 Å². The lowest BCUT2D eigenvalue weighted by atomic mass is 10.0. The highest BCUT2D eigenvalue weighted by Gasteiger charge is 2.45. The first kappa shape index (κ1) is 20.0. The molecule has 28 heavy (non-hydrogen) atoms. The molecular formula is C20H27N3O5. The third-order valence-corrected chi connectivity index (χ3v) is 4.96. The van der Waals surface area contributed by atoms with E-state index >= 15 is 0 Å². The molecule has 3 amide bonds. The summed E-state index contributed by atoms with van der Waals surface area (Å²) in [7, 11) is 0. The van der Waals surface area contributed by atoms with E-state index in [2.05, 4.69) is 0 Å². The van der Waals surface area contributed by atoms with Crippen LogP contribution in [0, 0.1) is 0 Å². The molecule has 2 saturated heterocycles. The van der Waals surface area contributed by atoms with Gasteiger partial charge in [-0.25, -0.2) is 9.59 Å². The van der Waals surface area contributed by atoms with E-state index in [0.717, 1.165) is 5.56 Å². The number of aliphatic carboxylic acids is 1. The second-order valence-electron chi connectivity index (χ2n) is 8.23. The van der Waals surface area contributed by atoms with Gasteiger partial charge in [0.2, 0.25) is 0 Å². The molecule has 0 aliphatic carbocycles. The first-order valence-corrected chi connectivity index (χ1v) is 9.47. The highest BCUT2D eigenvalue weighted by Crippen LogP contribution is 2.32. The number of amides is 3. The number of carboxylic acids is 1. The Bertz CT molecular complexity index is 746. The van der Waals surface area contributed by atoms with Crippen LogP contribution < -0.4 is 0 Å². The maximum Gasteiger partial charge on any atom is 0.410 e. The second kappa shape index (κ2) is 7.69. The van der Waals surface area contributed by atoms with Crippen LogP contribution in [0.15, 0.2) is 30.3 Å². The fourth-order valence-electron chi connectivity index (χ4n) is 3.73. The molecule has 0 spiro atoms. The van der Waals surface area contributed by atoms with E-state index in [9.17, 15) is 19.5 Å². The van der Waals surface area contributed by atoms with Gasteiger partial charge >= 0.3 is 18.1 Å². The van der Waals surface area contributed by atoms with Crippen molar-refractivity contribution in [3.8, 4) is 0 Å². The normalized spacial score (nSPS) is 20.8. The smallest absolute Gasteiger partial charge is 0.410 e. The van der Waals surface area contributed by atoms with Crippen molar-refractivity contribution in [1.29, 1.82) is 0 Å². The number of ether oxygens (including phenoxy) is 1. The van der Waals surface area contributed by atoms with Gasteiger partial charge in [0.15, 0.2) is 0 Å². The molecule has 1 aromatic carbocycles. The fraction of sp³-hybridized carbons (Fsp3) is 0.550. The maximum absolute atomic E-state index is 13.0. The maximum atomic E-state index is 13.0.